The van der Waals surface area contributed by atoms with Crippen molar-refractivity contribution in [2.75, 3.05) is 46.3 Å². The van der Waals surface area contributed by atoms with Gasteiger partial charge in [-0.1, -0.05) is 24.3 Å². The predicted molar refractivity (Wildman–Crippen MR) is 101 cm³/mol. The second kappa shape index (κ2) is 7.08. The Morgan fingerprint density at radius 1 is 1.20 bits per heavy atom. The van der Waals surface area contributed by atoms with Crippen LogP contribution < -0.4 is 5.32 Å². The van der Waals surface area contributed by atoms with Crippen LogP contribution in [0, 0.1) is 5.41 Å². The van der Waals surface area contributed by atoms with Crippen LogP contribution in [0.1, 0.15) is 42.7 Å². The van der Waals surface area contributed by atoms with Crippen LogP contribution in [0.2, 0.25) is 0 Å². The fraction of sp³-hybridized carbons (Fsp3) is 0.667. The van der Waals surface area contributed by atoms with Gasteiger partial charge in [0.15, 0.2) is 0 Å². The molecule has 4 rings (SSSR count). The van der Waals surface area contributed by atoms with Crippen LogP contribution in [0.15, 0.2) is 24.3 Å². The number of nitrogens with one attached hydrogen (secondary N) is 1. The van der Waals surface area contributed by atoms with Crippen molar-refractivity contribution in [3.8, 4) is 0 Å². The monoisotopic (exact) mass is 341 g/mol. The fourth-order valence-electron chi connectivity index (χ4n) is 4.49. The van der Waals surface area contributed by atoms with E-state index < -0.39 is 0 Å². The summed E-state index contributed by atoms with van der Waals surface area (Å²) in [5.74, 6) is 0.662. The Hall–Kier alpha value is -1.39. The molecule has 0 bridgehead atoms. The van der Waals surface area contributed by atoms with E-state index in [0.29, 0.717) is 17.8 Å². The summed E-state index contributed by atoms with van der Waals surface area (Å²) >= 11 is 0. The Labute approximate surface area is 151 Å². The van der Waals surface area contributed by atoms with E-state index in [-0.39, 0.29) is 5.91 Å². The third-order valence-electron chi connectivity index (χ3n) is 6.46. The number of hydrogen-bond donors (Lipinski definition) is 1. The van der Waals surface area contributed by atoms with Crippen LogP contribution in [0.25, 0.3) is 0 Å². The van der Waals surface area contributed by atoms with Crippen LogP contribution in [0.3, 0.4) is 0 Å². The number of hydrogen-bond acceptors (Lipinski definition) is 3. The quantitative estimate of drug-likeness (QED) is 0.862. The molecule has 2 aliphatic carbocycles. The summed E-state index contributed by atoms with van der Waals surface area (Å²) in [6, 6.07) is 8.62. The van der Waals surface area contributed by atoms with E-state index in [0.717, 1.165) is 25.9 Å². The highest BCUT2D eigenvalue weighted by molar-refractivity contribution is 5.77. The molecule has 1 atom stereocenters. The average Bonchev–Trinajstić information content (AvgIpc) is 3.28. The summed E-state index contributed by atoms with van der Waals surface area (Å²) in [6.45, 7) is 6.71. The number of carbonyl (C=O) groups excluding carboxylic acids is 1. The lowest BCUT2D eigenvalue weighted by atomic mass is 9.97. The van der Waals surface area contributed by atoms with E-state index in [4.69, 9.17) is 0 Å². The van der Waals surface area contributed by atoms with Crippen molar-refractivity contribution in [2.24, 2.45) is 5.41 Å². The van der Waals surface area contributed by atoms with Gasteiger partial charge in [0, 0.05) is 51.1 Å². The summed E-state index contributed by atoms with van der Waals surface area (Å²) in [5.41, 5.74) is 3.20. The maximum absolute atomic E-state index is 12.5. The van der Waals surface area contributed by atoms with E-state index in [2.05, 4.69) is 46.4 Å². The van der Waals surface area contributed by atoms with Gasteiger partial charge in [0.1, 0.15) is 0 Å². The molecular weight excluding hydrogens is 310 g/mol. The molecule has 1 heterocycles. The molecule has 1 aromatic carbocycles. The van der Waals surface area contributed by atoms with Gasteiger partial charge in [-0.2, -0.15) is 0 Å². The molecule has 0 unspecified atom stereocenters. The van der Waals surface area contributed by atoms with Crippen LogP contribution in [0.4, 0.5) is 0 Å². The van der Waals surface area contributed by atoms with Gasteiger partial charge < -0.3 is 15.1 Å². The number of piperazine rings is 1. The molecule has 0 radical (unpaired) electrons. The summed E-state index contributed by atoms with van der Waals surface area (Å²) < 4.78 is 0. The fourth-order valence-corrected chi connectivity index (χ4v) is 4.49. The van der Waals surface area contributed by atoms with E-state index >= 15 is 0 Å². The highest BCUT2D eigenvalue weighted by Crippen LogP contribution is 2.46. The predicted octanol–water partition coefficient (Wildman–Crippen LogP) is 2.25. The van der Waals surface area contributed by atoms with Crippen molar-refractivity contribution >= 4 is 5.91 Å². The SMILES string of the molecule is CN1CCN(CC2(CNC(=O)C[C@@H]3CCc4ccccc43)CC2)CC1. The molecule has 4 heteroatoms. The third-order valence-corrected chi connectivity index (χ3v) is 6.46. The number of amides is 1. The Kier molecular flexibility index (Phi) is 4.83. The minimum absolute atomic E-state index is 0.242. The molecular formula is C21H31N3O. The molecule has 2 fully saturated rings. The van der Waals surface area contributed by atoms with Gasteiger partial charge in [-0.05, 0) is 49.8 Å². The topological polar surface area (TPSA) is 35.6 Å². The maximum atomic E-state index is 12.5. The van der Waals surface area contributed by atoms with Gasteiger partial charge in [0.2, 0.25) is 5.91 Å². The molecule has 1 aliphatic heterocycles. The zero-order valence-electron chi connectivity index (χ0n) is 15.5. The second-order valence-electron chi connectivity index (χ2n) is 8.49. The lowest BCUT2D eigenvalue weighted by Crippen LogP contribution is -2.48. The highest BCUT2D eigenvalue weighted by atomic mass is 16.1. The summed E-state index contributed by atoms with van der Waals surface area (Å²) in [7, 11) is 2.20. The summed E-state index contributed by atoms with van der Waals surface area (Å²) in [5, 5.41) is 3.27. The Morgan fingerprint density at radius 3 is 2.72 bits per heavy atom. The number of likely N-dealkylation sites (N-methyl/N-ethyl adjacent to an activating group) is 1. The molecule has 1 saturated carbocycles. The van der Waals surface area contributed by atoms with Gasteiger partial charge in [0.25, 0.3) is 0 Å². The van der Waals surface area contributed by atoms with Crippen molar-refractivity contribution in [3.63, 3.8) is 0 Å². The summed E-state index contributed by atoms with van der Waals surface area (Å²) in [6.07, 6.45) is 5.44. The maximum Gasteiger partial charge on any atom is 0.220 e. The van der Waals surface area contributed by atoms with E-state index in [1.165, 1.54) is 50.1 Å². The number of nitrogens with zero attached hydrogens (tertiary/aromatic N) is 2. The zero-order chi connectivity index (χ0) is 17.3. The number of fused-ring (bicyclic) bond motifs is 1. The summed E-state index contributed by atoms with van der Waals surface area (Å²) in [4.78, 5) is 17.5. The van der Waals surface area contributed by atoms with Crippen LogP contribution in [0.5, 0.6) is 0 Å². The van der Waals surface area contributed by atoms with Gasteiger partial charge in [-0.15, -0.1) is 0 Å². The number of rotatable bonds is 6. The first-order chi connectivity index (χ1) is 12.1. The molecule has 0 aromatic heterocycles. The van der Waals surface area contributed by atoms with E-state index in [1.54, 1.807) is 0 Å². The van der Waals surface area contributed by atoms with Crippen LogP contribution >= 0.6 is 0 Å². The molecule has 1 saturated heterocycles. The first kappa shape index (κ1) is 17.0. The Bertz CT molecular complexity index is 617. The van der Waals surface area contributed by atoms with Crippen molar-refractivity contribution < 1.29 is 4.79 Å². The van der Waals surface area contributed by atoms with Crippen molar-refractivity contribution in [1.82, 2.24) is 15.1 Å². The second-order valence-corrected chi connectivity index (χ2v) is 8.49. The number of aryl methyl sites for hydroxylation is 1. The molecule has 136 valence electrons. The Morgan fingerprint density at radius 2 is 1.96 bits per heavy atom. The smallest absolute Gasteiger partial charge is 0.220 e. The average molecular weight is 341 g/mol. The molecule has 1 aromatic rings. The number of benzene rings is 1. The minimum atomic E-state index is 0.242. The highest BCUT2D eigenvalue weighted by Gasteiger charge is 2.44. The molecule has 25 heavy (non-hydrogen) atoms. The third kappa shape index (κ3) is 4.06. The molecule has 1 amide bonds. The van der Waals surface area contributed by atoms with Gasteiger partial charge >= 0.3 is 0 Å². The lowest BCUT2D eigenvalue weighted by Gasteiger charge is -2.35. The molecule has 1 N–H and O–H groups in total. The standard InChI is InChI=1S/C21H31N3O/c1-23-10-12-24(13-11-23)16-21(8-9-21)15-22-20(25)14-18-7-6-17-4-2-3-5-19(17)18/h2-5,18H,6-16H2,1H3,(H,22,25)/t18-/m0/s1. The largest absolute Gasteiger partial charge is 0.355 e. The lowest BCUT2D eigenvalue weighted by molar-refractivity contribution is -0.121. The molecule has 4 nitrogen and oxygen atoms in total. The molecule has 0 spiro atoms. The normalized spacial score (nSPS) is 25.6. The van der Waals surface area contributed by atoms with Crippen molar-refractivity contribution in [2.45, 2.75) is 38.0 Å². The van der Waals surface area contributed by atoms with E-state index in [9.17, 15) is 4.79 Å². The van der Waals surface area contributed by atoms with Gasteiger partial charge in [-0.3, -0.25) is 4.79 Å². The van der Waals surface area contributed by atoms with Crippen LogP contribution in [-0.4, -0.2) is 62.0 Å². The first-order valence-corrected chi connectivity index (χ1v) is 9.89. The Balaban J connectivity index is 1.24. The number of carbonyl (C=O) groups is 1. The van der Waals surface area contributed by atoms with Crippen LogP contribution in [-0.2, 0) is 11.2 Å². The van der Waals surface area contributed by atoms with Crippen molar-refractivity contribution in [1.29, 1.82) is 0 Å². The zero-order valence-corrected chi connectivity index (χ0v) is 15.5. The molecule has 3 aliphatic rings. The van der Waals surface area contributed by atoms with E-state index in [1.807, 2.05) is 0 Å². The van der Waals surface area contributed by atoms with Gasteiger partial charge in [-0.25, -0.2) is 0 Å². The van der Waals surface area contributed by atoms with Gasteiger partial charge in [0.05, 0.1) is 0 Å². The first-order valence-electron chi connectivity index (χ1n) is 9.89. The minimum Gasteiger partial charge on any atom is -0.355 e. The van der Waals surface area contributed by atoms with Crippen molar-refractivity contribution in [3.05, 3.63) is 35.4 Å².